The molecule has 0 saturated carbocycles. The van der Waals surface area contributed by atoms with Gasteiger partial charge in [0.05, 0.1) is 0 Å². The van der Waals surface area contributed by atoms with Gasteiger partial charge in [0, 0.05) is 24.8 Å². The zero-order valence-electron chi connectivity index (χ0n) is 12.3. The van der Waals surface area contributed by atoms with Gasteiger partial charge in [0.2, 0.25) is 0 Å². The molecule has 0 N–H and O–H groups in total. The van der Waals surface area contributed by atoms with E-state index in [1.165, 1.54) is 10.6 Å². The Kier molecular flexibility index (Phi) is 5.43. The molecule has 1 aromatic rings. The number of hydrogen-bond donors (Lipinski definition) is 0. The second kappa shape index (κ2) is 7.72. The summed E-state index contributed by atoms with van der Waals surface area (Å²) in [5.74, 6) is 0.284. The number of hydrogen-bond acceptors (Lipinski definition) is 6. The van der Waals surface area contributed by atoms with Crippen LogP contribution in [0.2, 0.25) is 0 Å². The van der Waals surface area contributed by atoms with Crippen LogP contribution in [0.25, 0.3) is 0 Å². The minimum Gasteiger partial charge on any atom is -0.272 e. The predicted octanol–water partition coefficient (Wildman–Crippen LogP) is 3.28. The fourth-order valence-corrected chi connectivity index (χ4v) is 4.46. The van der Waals surface area contributed by atoms with Gasteiger partial charge in [0.25, 0.3) is 11.8 Å². The lowest BCUT2D eigenvalue weighted by Gasteiger charge is -2.29. The average molecular weight is 348 g/mol. The van der Waals surface area contributed by atoms with Crippen LogP contribution >= 0.6 is 21.6 Å². The Labute approximate surface area is 142 Å². The van der Waals surface area contributed by atoms with Crippen molar-refractivity contribution in [3.63, 3.8) is 0 Å². The van der Waals surface area contributed by atoms with Crippen LogP contribution in [-0.4, -0.2) is 27.3 Å². The highest BCUT2D eigenvalue weighted by atomic mass is 33.1. The maximum Gasteiger partial charge on any atom is 0.256 e. The van der Waals surface area contributed by atoms with Crippen molar-refractivity contribution in [1.29, 1.82) is 0 Å². The summed E-state index contributed by atoms with van der Waals surface area (Å²) < 4.78 is 0. The first-order valence-electron chi connectivity index (χ1n) is 7.23. The molecular formula is C16H16N2O3S2. The van der Waals surface area contributed by atoms with Gasteiger partial charge in [-0.3, -0.25) is 9.59 Å². The van der Waals surface area contributed by atoms with Gasteiger partial charge in [-0.25, -0.2) is 5.06 Å². The van der Waals surface area contributed by atoms with Gasteiger partial charge in [0.1, 0.15) is 5.37 Å². The maximum atomic E-state index is 11.7. The molecule has 1 aromatic carbocycles. The Balaban J connectivity index is 1.54. The molecule has 1 unspecified atom stereocenters. The molecule has 2 amide bonds. The Morgan fingerprint density at radius 1 is 1.09 bits per heavy atom. The Hall–Kier alpha value is -1.70. The summed E-state index contributed by atoms with van der Waals surface area (Å²) in [6.07, 6.45) is 7.85. The molecule has 1 atom stereocenters. The van der Waals surface area contributed by atoms with E-state index in [1.807, 2.05) is 36.4 Å². The van der Waals surface area contributed by atoms with Crippen molar-refractivity contribution in [1.82, 2.24) is 10.1 Å². The number of rotatable bonds is 6. The van der Waals surface area contributed by atoms with E-state index in [0.717, 1.165) is 10.8 Å². The number of amides is 2. The first-order chi connectivity index (χ1) is 11.2. The molecule has 3 rings (SSSR count). The number of imide groups is 1. The number of hydroxylamine groups is 4. The fraction of sp³-hybridized carbons (Fsp3) is 0.250. The molecule has 0 radical (unpaired) electrons. The summed E-state index contributed by atoms with van der Waals surface area (Å²) in [4.78, 5) is 28.8. The largest absolute Gasteiger partial charge is 0.272 e. The highest BCUT2D eigenvalue weighted by Gasteiger charge is 2.33. The van der Waals surface area contributed by atoms with Crippen molar-refractivity contribution in [3.05, 3.63) is 60.3 Å². The van der Waals surface area contributed by atoms with Crippen LogP contribution in [-0.2, 0) is 20.3 Å². The summed E-state index contributed by atoms with van der Waals surface area (Å²) in [6, 6.07) is 10.2. The molecule has 0 aromatic heterocycles. The van der Waals surface area contributed by atoms with E-state index < -0.39 is 0 Å². The molecule has 0 spiro atoms. The molecule has 2 aliphatic rings. The lowest BCUT2D eigenvalue weighted by atomic mass is 10.2. The minimum atomic E-state index is -0.293. The van der Waals surface area contributed by atoms with Crippen molar-refractivity contribution in [3.8, 4) is 0 Å². The van der Waals surface area contributed by atoms with Crippen LogP contribution in [0.1, 0.15) is 18.4 Å². The van der Waals surface area contributed by atoms with E-state index >= 15 is 0 Å². The van der Waals surface area contributed by atoms with Crippen molar-refractivity contribution >= 4 is 33.4 Å². The summed E-state index contributed by atoms with van der Waals surface area (Å²) in [5, 5.41) is 2.29. The molecular weight excluding hydrogens is 332 g/mol. The lowest BCUT2D eigenvalue weighted by Crippen LogP contribution is -2.39. The quantitative estimate of drug-likeness (QED) is 0.581. The Morgan fingerprint density at radius 2 is 1.83 bits per heavy atom. The zero-order valence-corrected chi connectivity index (χ0v) is 14.0. The van der Waals surface area contributed by atoms with Crippen LogP contribution in [0.5, 0.6) is 0 Å². The fourth-order valence-electron chi connectivity index (χ4n) is 2.10. The summed E-state index contributed by atoms with van der Waals surface area (Å²) in [7, 11) is 3.31. The van der Waals surface area contributed by atoms with Crippen LogP contribution in [0, 0.1) is 0 Å². The van der Waals surface area contributed by atoms with Gasteiger partial charge in [-0.15, -0.1) is 10.0 Å². The molecule has 2 heterocycles. The van der Waals surface area contributed by atoms with E-state index in [0.29, 0.717) is 0 Å². The number of benzene rings is 1. The Bertz CT molecular complexity index is 617. The smallest absolute Gasteiger partial charge is 0.256 e. The molecule has 1 saturated heterocycles. The number of allylic oxidation sites excluding steroid dienone is 2. The van der Waals surface area contributed by atoms with E-state index in [2.05, 4.69) is 12.1 Å². The van der Waals surface area contributed by atoms with E-state index in [-0.39, 0.29) is 30.0 Å². The molecule has 5 nitrogen and oxygen atoms in total. The van der Waals surface area contributed by atoms with Gasteiger partial charge < -0.3 is 0 Å². The minimum absolute atomic E-state index is 0.102. The average Bonchev–Trinajstić information content (AvgIpc) is 2.89. The highest BCUT2D eigenvalue weighted by molar-refractivity contribution is 8.76. The van der Waals surface area contributed by atoms with Crippen molar-refractivity contribution < 1.29 is 14.5 Å². The van der Waals surface area contributed by atoms with Crippen LogP contribution in [0.15, 0.2) is 54.8 Å². The van der Waals surface area contributed by atoms with Crippen LogP contribution in [0.3, 0.4) is 0 Å². The van der Waals surface area contributed by atoms with Crippen LogP contribution < -0.4 is 0 Å². The molecule has 0 bridgehead atoms. The van der Waals surface area contributed by atoms with E-state index in [4.69, 9.17) is 4.94 Å². The standard InChI is InChI=1S/C16H16N2O3S2/c19-14-9-10-15(20)18(14)21-17-11-5-4-8-16(17)23-22-12-13-6-2-1-3-7-13/h1-8,11,16H,9-10,12H2. The molecule has 2 aliphatic heterocycles. The summed E-state index contributed by atoms with van der Waals surface area (Å²) in [6.45, 7) is 0. The third-order valence-corrected chi connectivity index (χ3v) is 5.79. The van der Waals surface area contributed by atoms with E-state index in [1.54, 1.807) is 27.8 Å². The molecule has 7 heteroatoms. The van der Waals surface area contributed by atoms with Crippen molar-refractivity contribution in [2.75, 3.05) is 0 Å². The number of carbonyl (C=O) groups is 2. The van der Waals surface area contributed by atoms with Gasteiger partial charge in [-0.1, -0.05) is 58.0 Å². The molecule has 23 heavy (non-hydrogen) atoms. The first kappa shape index (κ1) is 16.2. The van der Waals surface area contributed by atoms with Gasteiger partial charge >= 0.3 is 0 Å². The molecule has 0 aliphatic carbocycles. The van der Waals surface area contributed by atoms with Crippen LogP contribution in [0.4, 0.5) is 0 Å². The van der Waals surface area contributed by atoms with Crippen molar-refractivity contribution in [2.24, 2.45) is 0 Å². The number of carbonyl (C=O) groups excluding carboxylic acids is 2. The predicted molar refractivity (Wildman–Crippen MR) is 91.4 cm³/mol. The molecule has 1 fully saturated rings. The first-order valence-corrected chi connectivity index (χ1v) is 9.61. The third kappa shape index (κ3) is 4.19. The Morgan fingerprint density at radius 3 is 2.57 bits per heavy atom. The van der Waals surface area contributed by atoms with Crippen molar-refractivity contribution in [2.45, 2.75) is 24.0 Å². The lowest BCUT2D eigenvalue weighted by molar-refractivity contribution is -0.274. The second-order valence-corrected chi connectivity index (χ2v) is 7.47. The van der Waals surface area contributed by atoms with Gasteiger partial charge in [-0.2, -0.15) is 0 Å². The molecule has 120 valence electrons. The topological polar surface area (TPSA) is 49.9 Å². The highest BCUT2D eigenvalue weighted by Crippen LogP contribution is 2.34. The zero-order chi connectivity index (χ0) is 16.1. The number of nitrogens with zero attached hydrogens (tertiary/aromatic N) is 2. The summed E-state index contributed by atoms with van der Waals surface area (Å²) in [5.41, 5.74) is 1.25. The normalized spacial score (nSPS) is 20.6. The van der Waals surface area contributed by atoms with E-state index in [9.17, 15) is 9.59 Å². The van der Waals surface area contributed by atoms with Gasteiger partial charge in [-0.05, 0) is 17.7 Å². The second-order valence-electron chi connectivity index (χ2n) is 4.98. The SMILES string of the molecule is O=C1CCC(=O)N1ON1C=CC=CC1SSCc1ccccc1. The third-order valence-electron chi connectivity index (χ3n) is 3.29. The monoisotopic (exact) mass is 348 g/mol. The maximum absolute atomic E-state index is 11.7. The van der Waals surface area contributed by atoms with Gasteiger partial charge in [0.15, 0.2) is 0 Å². The summed E-state index contributed by atoms with van der Waals surface area (Å²) >= 11 is 0.